The molecule has 0 heterocycles. The molecule has 0 saturated heterocycles. The van der Waals surface area contributed by atoms with Gasteiger partial charge in [-0.3, -0.25) is 4.79 Å². The van der Waals surface area contributed by atoms with Gasteiger partial charge in [-0.1, -0.05) is 19.1 Å². The van der Waals surface area contributed by atoms with Crippen molar-refractivity contribution in [1.82, 2.24) is 10.6 Å². The van der Waals surface area contributed by atoms with E-state index in [0.29, 0.717) is 6.54 Å². The van der Waals surface area contributed by atoms with E-state index in [4.69, 9.17) is 0 Å². The molecule has 2 N–H and O–H groups in total. The van der Waals surface area contributed by atoms with E-state index in [-0.39, 0.29) is 24.1 Å². The van der Waals surface area contributed by atoms with E-state index in [1.807, 2.05) is 20.8 Å². The zero-order valence-electron chi connectivity index (χ0n) is 11.6. The Kier molecular flexibility index (Phi) is 7.64. The van der Waals surface area contributed by atoms with Gasteiger partial charge >= 0.3 is 0 Å². The smallest absolute Gasteiger partial charge is 0.230 e. The number of halogens is 2. The Labute approximate surface area is 120 Å². The SMILES string of the molecule is CCNCCNC(=O)C(C)(C)c1ccc(F)cc1.Cl. The van der Waals surface area contributed by atoms with Crippen LogP contribution in [0.2, 0.25) is 0 Å². The molecule has 1 rings (SSSR count). The topological polar surface area (TPSA) is 41.1 Å². The first kappa shape index (κ1) is 17.9. The van der Waals surface area contributed by atoms with Crippen molar-refractivity contribution in [3.05, 3.63) is 35.6 Å². The normalized spacial score (nSPS) is 10.7. The maximum absolute atomic E-state index is 12.9. The Morgan fingerprint density at radius 1 is 1.21 bits per heavy atom. The van der Waals surface area contributed by atoms with E-state index in [9.17, 15) is 9.18 Å². The Bertz CT molecular complexity index is 393. The van der Waals surface area contributed by atoms with Gasteiger partial charge in [-0.2, -0.15) is 0 Å². The number of hydrogen-bond acceptors (Lipinski definition) is 2. The quantitative estimate of drug-likeness (QED) is 0.789. The highest BCUT2D eigenvalue weighted by Gasteiger charge is 2.29. The van der Waals surface area contributed by atoms with Crippen LogP contribution in [0.5, 0.6) is 0 Å². The lowest BCUT2D eigenvalue weighted by Crippen LogP contribution is -2.42. The molecular weight excluding hydrogens is 267 g/mol. The van der Waals surface area contributed by atoms with Crippen molar-refractivity contribution >= 4 is 18.3 Å². The third-order valence-electron chi connectivity index (χ3n) is 2.97. The van der Waals surface area contributed by atoms with Gasteiger partial charge in [-0.05, 0) is 38.1 Å². The fourth-order valence-electron chi connectivity index (χ4n) is 1.66. The average Bonchev–Trinajstić information content (AvgIpc) is 2.35. The van der Waals surface area contributed by atoms with Crippen LogP contribution in [0.1, 0.15) is 26.3 Å². The van der Waals surface area contributed by atoms with E-state index >= 15 is 0 Å². The van der Waals surface area contributed by atoms with E-state index in [1.165, 1.54) is 12.1 Å². The molecule has 3 nitrogen and oxygen atoms in total. The first-order valence-corrected chi connectivity index (χ1v) is 6.23. The number of carbonyl (C=O) groups is 1. The number of benzene rings is 1. The van der Waals surface area contributed by atoms with Crippen LogP contribution in [-0.2, 0) is 10.2 Å². The molecule has 0 spiro atoms. The molecule has 0 unspecified atom stereocenters. The third kappa shape index (κ3) is 5.17. The van der Waals surface area contributed by atoms with Crippen LogP contribution < -0.4 is 10.6 Å². The Morgan fingerprint density at radius 2 is 1.79 bits per heavy atom. The Morgan fingerprint density at radius 3 is 2.32 bits per heavy atom. The van der Waals surface area contributed by atoms with Crippen LogP contribution in [-0.4, -0.2) is 25.5 Å². The molecule has 0 radical (unpaired) electrons. The summed E-state index contributed by atoms with van der Waals surface area (Å²) in [4.78, 5) is 12.1. The van der Waals surface area contributed by atoms with Crippen molar-refractivity contribution in [1.29, 1.82) is 0 Å². The summed E-state index contributed by atoms with van der Waals surface area (Å²) in [5.41, 5.74) is 0.157. The molecule has 0 aliphatic heterocycles. The summed E-state index contributed by atoms with van der Waals surface area (Å²) < 4.78 is 12.9. The predicted octanol–water partition coefficient (Wildman–Crippen LogP) is 2.25. The second-order valence-corrected chi connectivity index (χ2v) is 4.74. The Hall–Kier alpha value is -1.13. The minimum atomic E-state index is -0.653. The molecule has 0 atom stereocenters. The van der Waals surface area contributed by atoms with Crippen LogP contribution in [0.4, 0.5) is 4.39 Å². The molecule has 0 fully saturated rings. The van der Waals surface area contributed by atoms with E-state index < -0.39 is 5.41 Å². The van der Waals surface area contributed by atoms with Crippen molar-refractivity contribution in [2.75, 3.05) is 19.6 Å². The summed E-state index contributed by atoms with van der Waals surface area (Å²) in [7, 11) is 0. The van der Waals surface area contributed by atoms with E-state index in [0.717, 1.165) is 18.7 Å². The first-order valence-electron chi connectivity index (χ1n) is 6.23. The molecule has 0 saturated carbocycles. The highest BCUT2D eigenvalue weighted by molar-refractivity contribution is 5.87. The maximum atomic E-state index is 12.9. The number of nitrogens with one attached hydrogen (secondary N) is 2. The predicted molar refractivity (Wildman–Crippen MR) is 78.2 cm³/mol. The van der Waals surface area contributed by atoms with Gasteiger partial charge in [0, 0.05) is 13.1 Å². The molecule has 1 amide bonds. The van der Waals surface area contributed by atoms with Crippen molar-refractivity contribution in [2.24, 2.45) is 0 Å². The second-order valence-electron chi connectivity index (χ2n) is 4.74. The van der Waals surface area contributed by atoms with Crippen LogP contribution in [0, 0.1) is 5.82 Å². The van der Waals surface area contributed by atoms with Crippen LogP contribution >= 0.6 is 12.4 Å². The zero-order valence-corrected chi connectivity index (χ0v) is 12.4. The number of hydrogen-bond donors (Lipinski definition) is 2. The van der Waals surface area contributed by atoms with Gasteiger partial charge in [0.25, 0.3) is 0 Å². The van der Waals surface area contributed by atoms with E-state index in [1.54, 1.807) is 12.1 Å². The number of rotatable bonds is 6. The summed E-state index contributed by atoms with van der Waals surface area (Å²) in [6.45, 7) is 7.92. The lowest BCUT2D eigenvalue weighted by atomic mass is 9.84. The Balaban J connectivity index is 0.00000324. The first-order chi connectivity index (χ1) is 8.48. The lowest BCUT2D eigenvalue weighted by Gasteiger charge is -2.24. The molecular formula is C14H22ClFN2O. The molecule has 1 aromatic rings. The molecule has 5 heteroatoms. The molecule has 0 bridgehead atoms. The van der Waals surface area contributed by atoms with Gasteiger partial charge in [0.15, 0.2) is 0 Å². The van der Waals surface area contributed by atoms with Crippen molar-refractivity contribution in [3.63, 3.8) is 0 Å². The largest absolute Gasteiger partial charge is 0.354 e. The van der Waals surface area contributed by atoms with Gasteiger partial charge in [-0.15, -0.1) is 12.4 Å². The van der Waals surface area contributed by atoms with Gasteiger partial charge < -0.3 is 10.6 Å². The molecule has 0 aliphatic carbocycles. The minimum absolute atomic E-state index is 0. The van der Waals surface area contributed by atoms with Crippen molar-refractivity contribution in [3.8, 4) is 0 Å². The summed E-state index contributed by atoms with van der Waals surface area (Å²) in [5, 5.41) is 6.01. The van der Waals surface area contributed by atoms with Gasteiger partial charge in [0.2, 0.25) is 5.91 Å². The van der Waals surface area contributed by atoms with Gasteiger partial charge in [0.05, 0.1) is 5.41 Å². The van der Waals surface area contributed by atoms with Gasteiger partial charge in [0.1, 0.15) is 5.82 Å². The fourth-order valence-corrected chi connectivity index (χ4v) is 1.66. The van der Waals surface area contributed by atoms with Crippen molar-refractivity contribution in [2.45, 2.75) is 26.2 Å². The molecule has 1 aromatic carbocycles. The summed E-state index contributed by atoms with van der Waals surface area (Å²) in [6.07, 6.45) is 0. The summed E-state index contributed by atoms with van der Waals surface area (Å²) in [5.74, 6) is -0.339. The fraction of sp³-hybridized carbons (Fsp3) is 0.500. The number of carbonyl (C=O) groups excluding carboxylic acids is 1. The van der Waals surface area contributed by atoms with Crippen LogP contribution in [0.25, 0.3) is 0 Å². The maximum Gasteiger partial charge on any atom is 0.230 e. The number of amides is 1. The lowest BCUT2D eigenvalue weighted by molar-refractivity contribution is -0.125. The van der Waals surface area contributed by atoms with Crippen molar-refractivity contribution < 1.29 is 9.18 Å². The zero-order chi connectivity index (χ0) is 13.6. The monoisotopic (exact) mass is 288 g/mol. The average molecular weight is 289 g/mol. The number of likely N-dealkylation sites (N-methyl/N-ethyl adjacent to an activating group) is 1. The second kappa shape index (κ2) is 8.12. The third-order valence-corrected chi connectivity index (χ3v) is 2.97. The highest BCUT2D eigenvalue weighted by Crippen LogP contribution is 2.23. The highest BCUT2D eigenvalue weighted by atomic mass is 35.5. The van der Waals surface area contributed by atoms with E-state index in [2.05, 4.69) is 10.6 Å². The van der Waals surface area contributed by atoms with Crippen LogP contribution in [0.15, 0.2) is 24.3 Å². The van der Waals surface area contributed by atoms with Crippen LogP contribution in [0.3, 0.4) is 0 Å². The molecule has 0 aromatic heterocycles. The van der Waals surface area contributed by atoms with Gasteiger partial charge in [-0.25, -0.2) is 4.39 Å². The minimum Gasteiger partial charge on any atom is -0.354 e. The summed E-state index contributed by atoms with van der Waals surface area (Å²) >= 11 is 0. The summed E-state index contributed by atoms with van der Waals surface area (Å²) in [6, 6.07) is 6.06. The molecule has 19 heavy (non-hydrogen) atoms. The standard InChI is InChI=1S/C14H21FN2O.ClH/c1-4-16-9-10-17-13(18)14(2,3)11-5-7-12(15)8-6-11;/h5-8,16H,4,9-10H2,1-3H3,(H,17,18);1H. The molecule has 0 aliphatic rings. The molecule has 108 valence electrons.